The maximum absolute atomic E-state index is 12.5. The van der Waals surface area contributed by atoms with E-state index >= 15 is 0 Å². The van der Waals surface area contributed by atoms with E-state index in [-0.39, 0.29) is 22.5 Å². The van der Waals surface area contributed by atoms with Gasteiger partial charge < -0.3 is 4.42 Å². The van der Waals surface area contributed by atoms with Gasteiger partial charge in [-0.2, -0.15) is 0 Å². The van der Waals surface area contributed by atoms with Gasteiger partial charge in [0.25, 0.3) is 6.43 Å². The van der Waals surface area contributed by atoms with E-state index in [2.05, 4.69) is 4.98 Å². The van der Waals surface area contributed by atoms with Gasteiger partial charge in [-0.25, -0.2) is 8.78 Å². The largest absolute Gasteiger partial charge is 0.451 e. The molecule has 0 atom stereocenters. The number of nitrogens with zero attached hydrogens (tertiary/aromatic N) is 1. The molecule has 0 aliphatic heterocycles. The van der Waals surface area contributed by atoms with Gasteiger partial charge in [0.2, 0.25) is 5.78 Å². The van der Waals surface area contributed by atoms with Crippen molar-refractivity contribution in [2.24, 2.45) is 0 Å². The zero-order chi connectivity index (χ0) is 12.9. The van der Waals surface area contributed by atoms with Crippen molar-refractivity contribution >= 4 is 11.6 Å². The molecular formula is C12H5F2NO3. The fourth-order valence-corrected chi connectivity index (χ4v) is 1.90. The van der Waals surface area contributed by atoms with Crippen LogP contribution in [0.15, 0.2) is 28.9 Å². The molecular weight excluding hydrogens is 244 g/mol. The molecule has 0 N–H and O–H groups in total. The third-order valence-corrected chi connectivity index (χ3v) is 2.73. The van der Waals surface area contributed by atoms with Crippen LogP contribution in [0, 0.1) is 0 Å². The molecule has 4 nitrogen and oxygen atoms in total. The summed E-state index contributed by atoms with van der Waals surface area (Å²) in [5.74, 6) is -2.10. The molecule has 1 aliphatic carbocycles. The van der Waals surface area contributed by atoms with Gasteiger partial charge in [0.1, 0.15) is 0 Å². The second-order valence-electron chi connectivity index (χ2n) is 3.77. The van der Waals surface area contributed by atoms with Crippen molar-refractivity contribution in [2.45, 2.75) is 6.43 Å². The number of ketones is 2. The molecule has 90 valence electrons. The number of pyridine rings is 1. The Hall–Kier alpha value is -2.37. The first-order valence-corrected chi connectivity index (χ1v) is 5.05. The van der Waals surface area contributed by atoms with Crippen molar-refractivity contribution in [3.8, 4) is 0 Å². The monoisotopic (exact) mass is 249 g/mol. The van der Waals surface area contributed by atoms with Crippen molar-refractivity contribution in [1.82, 2.24) is 4.98 Å². The lowest BCUT2D eigenvalue weighted by Crippen LogP contribution is -2.19. The van der Waals surface area contributed by atoms with Crippen molar-refractivity contribution in [2.75, 3.05) is 0 Å². The normalized spacial score (nSPS) is 13.7. The molecule has 2 aromatic rings. The van der Waals surface area contributed by atoms with E-state index in [9.17, 15) is 18.4 Å². The number of furan rings is 1. The molecule has 6 heteroatoms. The Kier molecular flexibility index (Phi) is 2.13. The van der Waals surface area contributed by atoms with Crippen LogP contribution in [0.25, 0.3) is 0 Å². The number of hydrogen-bond acceptors (Lipinski definition) is 4. The van der Waals surface area contributed by atoms with Crippen LogP contribution in [-0.2, 0) is 0 Å². The highest BCUT2D eigenvalue weighted by molar-refractivity contribution is 6.27. The van der Waals surface area contributed by atoms with E-state index in [0.29, 0.717) is 0 Å². The summed E-state index contributed by atoms with van der Waals surface area (Å²) in [6.07, 6.45) is -0.267. The standard InChI is InChI=1S/C12H5F2NO3/c13-12(14)8-3-6-9(16)7-4-15-2-1-5(7)10(17)11(6)18-8/h1-4,12H. The summed E-state index contributed by atoms with van der Waals surface area (Å²) in [6.45, 7) is 0. The Morgan fingerprint density at radius 3 is 2.61 bits per heavy atom. The van der Waals surface area contributed by atoms with Crippen molar-refractivity contribution in [1.29, 1.82) is 0 Å². The smallest absolute Gasteiger partial charge is 0.295 e. The Morgan fingerprint density at radius 1 is 1.11 bits per heavy atom. The maximum atomic E-state index is 12.5. The van der Waals surface area contributed by atoms with Crippen molar-refractivity contribution < 1.29 is 22.8 Å². The lowest BCUT2D eigenvalue weighted by molar-refractivity contribution is 0.0939. The van der Waals surface area contributed by atoms with E-state index in [4.69, 9.17) is 4.42 Å². The van der Waals surface area contributed by atoms with Gasteiger partial charge in [0.05, 0.1) is 11.1 Å². The van der Waals surface area contributed by atoms with Gasteiger partial charge in [-0.15, -0.1) is 0 Å². The molecule has 0 saturated heterocycles. The quantitative estimate of drug-likeness (QED) is 0.664. The molecule has 2 heterocycles. The maximum Gasteiger partial charge on any atom is 0.295 e. The molecule has 2 aromatic heterocycles. The number of carbonyl (C=O) groups excluding carboxylic acids is 2. The number of carbonyl (C=O) groups is 2. The molecule has 0 saturated carbocycles. The van der Waals surface area contributed by atoms with Gasteiger partial charge in [-0.05, 0) is 12.1 Å². The highest BCUT2D eigenvalue weighted by Crippen LogP contribution is 2.32. The van der Waals surface area contributed by atoms with Crippen molar-refractivity contribution in [3.63, 3.8) is 0 Å². The molecule has 0 unspecified atom stereocenters. The zero-order valence-electron chi connectivity index (χ0n) is 8.81. The third kappa shape index (κ3) is 1.32. The predicted octanol–water partition coefficient (Wildman–Crippen LogP) is 2.39. The van der Waals surface area contributed by atoms with Crippen LogP contribution in [0.1, 0.15) is 44.2 Å². The predicted molar refractivity (Wildman–Crippen MR) is 54.8 cm³/mol. The van der Waals surface area contributed by atoms with Gasteiger partial charge in [-0.1, -0.05) is 0 Å². The van der Waals surface area contributed by atoms with Crippen LogP contribution in [-0.4, -0.2) is 16.6 Å². The Labute approximate surface area is 99.2 Å². The van der Waals surface area contributed by atoms with Gasteiger partial charge in [0.15, 0.2) is 17.3 Å². The van der Waals surface area contributed by atoms with Gasteiger partial charge in [-0.3, -0.25) is 14.6 Å². The molecule has 0 aromatic carbocycles. The summed E-state index contributed by atoms with van der Waals surface area (Å²) in [7, 11) is 0. The lowest BCUT2D eigenvalue weighted by Gasteiger charge is -2.11. The van der Waals surface area contributed by atoms with Crippen LogP contribution >= 0.6 is 0 Å². The minimum Gasteiger partial charge on any atom is -0.451 e. The second kappa shape index (κ2) is 3.56. The first kappa shape index (κ1) is 10.8. The Morgan fingerprint density at radius 2 is 1.89 bits per heavy atom. The fraction of sp³-hybridized carbons (Fsp3) is 0.0833. The van der Waals surface area contributed by atoms with E-state index in [1.54, 1.807) is 0 Å². The summed E-state index contributed by atoms with van der Waals surface area (Å²) in [5, 5.41) is 0. The van der Waals surface area contributed by atoms with Gasteiger partial charge in [0, 0.05) is 18.0 Å². The molecule has 18 heavy (non-hydrogen) atoms. The number of aromatic nitrogens is 1. The van der Waals surface area contributed by atoms with E-state index < -0.39 is 23.8 Å². The number of rotatable bonds is 1. The van der Waals surface area contributed by atoms with Crippen LogP contribution in [0.3, 0.4) is 0 Å². The highest BCUT2D eigenvalue weighted by atomic mass is 19.3. The number of halogens is 2. The number of hydrogen-bond donors (Lipinski definition) is 0. The molecule has 0 radical (unpaired) electrons. The first-order valence-electron chi connectivity index (χ1n) is 5.05. The fourth-order valence-electron chi connectivity index (χ4n) is 1.90. The SMILES string of the molecule is O=C1c2cnccc2C(=O)c2oc(C(F)F)cc21. The summed E-state index contributed by atoms with van der Waals surface area (Å²) >= 11 is 0. The molecule has 0 fully saturated rings. The zero-order valence-corrected chi connectivity index (χ0v) is 8.81. The minimum absolute atomic E-state index is 0.108. The van der Waals surface area contributed by atoms with Crippen LogP contribution in [0.2, 0.25) is 0 Å². The van der Waals surface area contributed by atoms with Crippen molar-refractivity contribution in [3.05, 3.63) is 52.7 Å². The Bertz CT molecular complexity index is 623. The Balaban J connectivity index is 2.24. The molecule has 0 bridgehead atoms. The highest BCUT2D eigenvalue weighted by Gasteiger charge is 2.34. The van der Waals surface area contributed by atoms with Crippen LogP contribution < -0.4 is 0 Å². The first-order chi connectivity index (χ1) is 8.59. The average molecular weight is 249 g/mol. The number of fused-ring (bicyclic) bond motifs is 2. The molecule has 1 aliphatic rings. The van der Waals surface area contributed by atoms with E-state index in [0.717, 1.165) is 6.07 Å². The summed E-state index contributed by atoms with van der Waals surface area (Å²) < 4.78 is 29.8. The second-order valence-corrected chi connectivity index (χ2v) is 3.77. The average Bonchev–Trinajstić information content (AvgIpc) is 2.81. The van der Waals surface area contributed by atoms with E-state index in [1.807, 2.05) is 0 Å². The van der Waals surface area contributed by atoms with Gasteiger partial charge >= 0.3 is 0 Å². The summed E-state index contributed by atoms with van der Waals surface area (Å²) in [6, 6.07) is 2.28. The molecule has 0 spiro atoms. The molecule has 0 amide bonds. The lowest BCUT2D eigenvalue weighted by atomic mass is 9.90. The summed E-state index contributed by atoms with van der Waals surface area (Å²) in [5.41, 5.74) is 0.102. The third-order valence-electron chi connectivity index (χ3n) is 2.73. The molecule has 3 rings (SSSR count). The summed E-state index contributed by atoms with van der Waals surface area (Å²) in [4.78, 5) is 27.7. The van der Waals surface area contributed by atoms with E-state index in [1.165, 1.54) is 18.5 Å². The topological polar surface area (TPSA) is 60.2 Å². The van der Waals surface area contributed by atoms with Crippen LogP contribution in [0.5, 0.6) is 0 Å². The van der Waals surface area contributed by atoms with Crippen LogP contribution in [0.4, 0.5) is 8.78 Å². The number of alkyl halides is 2. The minimum atomic E-state index is -2.86.